The maximum absolute atomic E-state index is 12.1. The highest BCUT2D eigenvalue weighted by Gasteiger charge is 2.49. The second kappa shape index (κ2) is 3.21. The number of likely N-dealkylation sites (tertiary alicyclic amines) is 1. The number of hydrogen-bond donors (Lipinski definition) is 0. The van der Waals surface area contributed by atoms with Gasteiger partial charge in [-0.15, -0.1) is 0 Å². The van der Waals surface area contributed by atoms with Crippen molar-refractivity contribution < 1.29 is 22.8 Å². The zero-order valence-electron chi connectivity index (χ0n) is 7.88. The topological polar surface area (TPSA) is 37.4 Å². The quantitative estimate of drug-likeness (QED) is 0.611. The Morgan fingerprint density at radius 2 is 1.67 bits per heavy atom. The fourth-order valence-electron chi connectivity index (χ4n) is 2.41. The number of nitrogens with zero attached hydrogens (tertiary/aromatic N) is 1. The Morgan fingerprint density at radius 3 is 2.07 bits per heavy atom. The lowest BCUT2D eigenvalue weighted by Gasteiger charge is -2.18. The molecule has 84 valence electrons. The Labute approximate surface area is 84.2 Å². The largest absolute Gasteiger partial charge is 0.471 e. The van der Waals surface area contributed by atoms with Crippen molar-refractivity contribution in [3.05, 3.63) is 0 Å². The van der Waals surface area contributed by atoms with Gasteiger partial charge in [0.05, 0.1) is 0 Å². The van der Waals surface area contributed by atoms with Gasteiger partial charge >= 0.3 is 12.1 Å². The first-order valence-corrected chi connectivity index (χ1v) is 4.75. The van der Waals surface area contributed by atoms with Crippen molar-refractivity contribution in [2.45, 2.75) is 19.0 Å². The van der Waals surface area contributed by atoms with E-state index in [0.29, 0.717) is 12.8 Å². The van der Waals surface area contributed by atoms with Crippen LogP contribution in [0.25, 0.3) is 0 Å². The summed E-state index contributed by atoms with van der Waals surface area (Å²) in [4.78, 5) is 22.7. The molecule has 2 rings (SSSR count). The smallest absolute Gasteiger partial charge is 0.334 e. The first-order valence-electron chi connectivity index (χ1n) is 4.75. The van der Waals surface area contributed by atoms with E-state index in [4.69, 9.17) is 0 Å². The number of halogens is 3. The monoisotopic (exact) mass is 221 g/mol. The molecule has 1 heterocycles. The lowest BCUT2D eigenvalue weighted by atomic mass is 10.0. The number of ketones is 1. The van der Waals surface area contributed by atoms with Crippen LogP contribution in [0.4, 0.5) is 13.2 Å². The van der Waals surface area contributed by atoms with E-state index in [9.17, 15) is 22.8 Å². The number of fused-ring (bicyclic) bond motifs is 1. The highest BCUT2D eigenvalue weighted by Crippen LogP contribution is 2.37. The molecule has 6 heteroatoms. The molecule has 15 heavy (non-hydrogen) atoms. The maximum atomic E-state index is 12.1. The van der Waals surface area contributed by atoms with Crippen molar-refractivity contribution in [1.82, 2.24) is 4.90 Å². The van der Waals surface area contributed by atoms with Crippen LogP contribution in [0, 0.1) is 11.8 Å². The standard InChI is InChI=1S/C9H10F3NO2/c10-9(11,12)8(15)13-3-5-1-7(14)2-6(5)4-13/h5-6H,1-4H2/t5-,6-/m1/s1. The average Bonchev–Trinajstić information content (AvgIpc) is 2.57. The predicted molar refractivity (Wildman–Crippen MR) is 43.9 cm³/mol. The number of carbonyl (C=O) groups excluding carboxylic acids is 2. The van der Waals surface area contributed by atoms with E-state index in [1.54, 1.807) is 0 Å². The molecule has 1 saturated carbocycles. The fraction of sp³-hybridized carbons (Fsp3) is 0.778. The molecule has 0 unspecified atom stereocenters. The van der Waals surface area contributed by atoms with Gasteiger partial charge in [0.2, 0.25) is 0 Å². The van der Waals surface area contributed by atoms with Gasteiger partial charge in [-0.1, -0.05) is 0 Å². The Hall–Kier alpha value is -1.07. The van der Waals surface area contributed by atoms with Crippen LogP contribution in [-0.4, -0.2) is 35.9 Å². The van der Waals surface area contributed by atoms with Crippen LogP contribution in [0.1, 0.15) is 12.8 Å². The SMILES string of the molecule is O=C1C[C@@H]2CN(C(=O)C(F)(F)F)C[C@H]2C1. The minimum Gasteiger partial charge on any atom is -0.334 e. The minimum absolute atomic E-state index is 0.0520. The van der Waals surface area contributed by atoms with Crippen molar-refractivity contribution in [3.63, 3.8) is 0 Å². The summed E-state index contributed by atoms with van der Waals surface area (Å²) in [5, 5.41) is 0. The van der Waals surface area contributed by atoms with E-state index in [1.165, 1.54) is 0 Å². The predicted octanol–water partition coefficient (Wildman–Crippen LogP) is 0.986. The van der Waals surface area contributed by atoms with E-state index in [-0.39, 0.29) is 30.7 Å². The van der Waals surface area contributed by atoms with Crippen LogP contribution in [0.5, 0.6) is 0 Å². The first-order chi connectivity index (χ1) is 6.88. The van der Waals surface area contributed by atoms with Crippen LogP contribution in [0.15, 0.2) is 0 Å². The zero-order valence-corrected chi connectivity index (χ0v) is 7.88. The van der Waals surface area contributed by atoms with Crippen LogP contribution in [-0.2, 0) is 9.59 Å². The third-order valence-corrected chi connectivity index (χ3v) is 3.09. The summed E-state index contributed by atoms with van der Waals surface area (Å²) in [5.41, 5.74) is 0. The highest BCUT2D eigenvalue weighted by molar-refractivity contribution is 5.84. The third-order valence-electron chi connectivity index (χ3n) is 3.09. The molecule has 3 nitrogen and oxygen atoms in total. The molecule has 0 aromatic carbocycles. The van der Waals surface area contributed by atoms with Crippen LogP contribution >= 0.6 is 0 Å². The summed E-state index contributed by atoms with van der Waals surface area (Å²) in [6.45, 7) is 0.156. The molecule has 1 aliphatic carbocycles. The van der Waals surface area contributed by atoms with Crippen LogP contribution < -0.4 is 0 Å². The molecule has 0 spiro atoms. The van der Waals surface area contributed by atoms with Crippen molar-refractivity contribution in [3.8, 4) is 0 Å². The molecular weight excluding hydrogens is 211 g/mol. The Morgan fingerprint density at radius 1 is 1.20 bits per heavy atom. The highest BCUT2D eigenvalue weighted by atomic mass is 19.4. The number of hydrogen-bond acceptors (Lipinski definition) is 2. The normalized spacial score (nSPS) is 30.9. The van der Waals surface area contributed by atoms with Gasteiger partial charge in [0, 0.05) is 25.9 Å². The molecule has 0 radical (unpaired) electrons. The van der Waals surface area contributed by atoms with E-state index < -0.39 is 12.1 Å². The number of carbonyl (C=O) groups is 2. The van der Waals surface area contributed by atoms with Gasteiger partial charge < -0.3 is 4.90 Å². The van der Waals surface area contributed by atoms with E-state index >= 15 is 0 Å². The van der Waals surface area contributed by atoms with Gasteiger partial charge in [-0.3, -0.25) is 9.59 Å². The number of Topliss-reactive ketones (excluding diaryl/α,β-unsaturated/α-hetero) is 1. The molecule has 1 aliphatic heterocycles. The molecule has 0 aromatic heterocycles. The van der Waals surface area contributed by atoms with Gasteiger partial charge in [-0.05, 0) is 11.8 Å². The molecule has 1 amide bonds. The Bertz CT molecular complexity index is 297. The molecule has 2 aliphatic rings. The second-order valence-corrected chi connectivity index (χ2v) is 4.17. The van der Waals surface area contributed by atoms with Crippen molar-refractivity contribution in [2.24, 2.45) is 11.8 Å². The summed E-state index contributed by atoms with van der Waals surface area (Å²) >= 11 is 0. The Kier molecular flexibility index (Phi) is 2.24. The molecule has 0 bridgehead atoms. The third kappa shape index (κ3) is 1.85. The zero-order chi connectivity index (χ0) is 11.2. The Balaban J connectivity index is 2.01. The summed E-state index contributed by atoms with van der Waals surface area (Å²) in [6.07, 6.45) is -4.14. The molecule has 1 saturated heterocycles. The van der Waals surface area contributed by atoms with Gasteiger partial charge in [0.15, 0.2) is 0 Å². The van der Waals surface area contributed by atoms with Gasteiger partial charge in [-0.2, -0.15) is 13.2 Å². The summed E-state index contributed by atoms with van der Waals surface area (Å²) in [7, 11) is 0. The number of rotatable bonds is 0. The minimum atomic E-state index is -4.79. The van der Waals surface area contributed by atoms with Gasteiger partial charge in [-0.25, -0.2) is 0 Å². The van der Waals surface area contributed by atoms with Crippen molar-refractivity contribution >= 4 is 11.7 Å². The van der Waals surface area contributed by atoms with E-state index in [0.717, 1.165) is 4.90 Å². The van der Waals surface area contributed by atoms with Gasteiger partial charge in [0.1, 0.15) is 5.78 Å². The number of alkyl halides is 3. The van der Waals surface area contributed by atoms with Crippen LogP contribution in [0.3, 0.4) is 0 Å². The second-order valence-electron chi connectivity index (χ2n) is 4.17. The fourth-order valence-corrected chi connectivity index (χ4v) is 2.41. The first kappa shape index (κ1) is 10.4. The molecule has 0 aromatic rings. The molecule has 2 atom stereocenters. The lowest BCUT2D eigenvalue weighted by molar-refractivity contribution is -0.184. The van der Waals surface area contributed by atoms with Gasteiger partial charge in [0.25, 0.3) is 0 Å². The average molecular weight is 221 g/mol. The van der Waals surface area contributed by atoms with Crippen LogP contribution in [0.2, 0.25) is 0 Å². The summed E-state index contributed by atoms with van der Waals surface area (Å²) in [6, 6.07) is 0. The van der Waals surface area contributed by atoms with E-state index in [1.807, 2.05) is 0 Å². The maximum Gasteiger partial charge on any atom is 0.471 e. The molecule has 2 fully saturated rings. The number of amides is 1. The molecule has 0 N–H and O–H groups in total. The molecular formula is C9H10F3NO2. The lowest BCUT2D eigenvalue weighted by Crippen LogP contribution is -2.40. The summed E-state index contributed by atoms with van der Waals surface area (Å²) in [5.74, 6) is -1.78. The van der Waals surface area contributed by atoms with Crippen molar-refractivity contribution in [2.75, 3.05) is 13.1 Å². The van der Waals surface area contributed by atoms with E-state index in [2.05, 4.69) is 0 Å². The summed E-state index contributed by atoms with van der Waals surface area (Å²) < 4.78 is 36.3. The van der Waals surface area contributed by atoms with Crippen molar-refractivity contribution in [1.29, 1.82) is 0 Å².